The molecule has 4 nitrogen and oxygen atoms in total. The highest BCUT2D eigenvalue weighted by Gasteiger charge is 2.28. The summed E-state index contributed by atoms with van der Waals surface area (Å²) in [6.07, 6.45) is 3.62. The molecule has 3 rings (SSSR count). The Morgan fingerprint density at radius 2 is 1.56 bits per heavy atom. The zero-order valence-corrected chi connectivity index (χ0v) is 15.9. The first kappa shape index (κ1) is 17.8. The molecule has 5 heteroatoms. The van der Waals surface area contributed by atoms with E-state index < -0.39 is 14.8 Å². The normalized spacial score (nSPS) is 14.2. The Labute approximate surface area is 150 Å². The summed E-state index contributed by atoms with van der Waals surface area (Å²) in [6, 6.07) is 14.1. The Bertz CT molecular complexity index is 850. The molecule has 0 spiro atoms. The molecule has 1 aliphatic carbocycles. The van der Waals surface area contributed by atoms with E-state index in [0.29, 0.717) is 12.2 Å². The van der Waals surface area contributed by atoms with Gasteiger partial charge in [-0.2, -0.15) is 0 Å². The van der Waals surface area contributed by atoms with Crippen LogP contribution in [0.15, 0.2) is 42.5 Å². The Morgan fingerprint density at radius 1 is 0.920 bits per heavy atom. The summed E-state index contributed by atoms with van der Waals surface area (Å²) in [7, 11) is -3.39. The minimum atomic E-state index is -3.39. The Balaban J connectivity index is 1.61. The highest BCUT2D eigenvalue weighted by atomic mass is 32.2. The molecule has 0 atom stereocenters. The predicted molar refractivity (Wildman–Crippen MR) is 105 cm³/mol. The molecule has 2 N–H and O–H groups in total. The molecule has 0 radical (unpaired) electrons. The predicted octanol–water partition coefficient (Wildman–Crippen LogP) is 4.33. The molecule has 0 saturated heterocycles. The van der Waals surface area contributed by atoms with Crippen molar-refractivity contribution >= 4 is 21.4 Å². The summed E-state index contributed by atoms with van der Waals surface area (Å²) in [5, 5.41) is 3.44. The lowest BCUT2D eigenvalue weighted by Gasteiger charge is -2.20. The van der Waals surface area contributed by atoms with Crippen molar-refractivity contribution in [3.05, 3.63) is 59.2 Å². The number of sulfonamides is 1. The van der Waals surface area contributed by atoms with Crippen LogP contribution in [0.1, 0.15) is 43.9 Å². The molecule has 2 aromatic rings. The van der Waals surface area contributed by atoms with Crippen LogP contribution in [0.5, 0.6) is 0 Å². The molecule has 0 amide bonds. The van der Waals surface area contributed by atoms with Gasteiger partial charge in [0.05, 0.1) is 4.75 Å². The number of fused-ring (bicyclic) bond motifs is 1. The third-order valence-electron chi connectivity index (χ3n) is 4.61. The SMILES string of the molecule is CC(C)(C)S(=O)(=O)Nc1ccc(CNc2ccc3c(c2)CCC3)cc1. The highest BCUT2D eigenvalue weighted by Crippen LogP contribution is 2.25. The molecule has 2 aromatic carbocycles. The number of hydrogen-bond donors (Lipinski definition) is 2. The van der Waals surface area contributed by atoms with Crippen molar-refractivity contribution in [3.63, 3.8) is 0 Å². The lowest BCUT2D eigenvalue weighted by atomic mass is 10.1. The minimum Gasteiger partial charge on any atom is -0.381 e. The number of benzene rings is 2. The minimum absolute atomic E-state index is 0.594. The number of aryl methyl sites for hydroxylation is 2. The monoisotopic (exact) mass is 358 g/mol. The van der Waals surface area contributed by atoms with Crippen LogP contribution in [-0.2, 0) is 29.4 Å². The maximum atomic E-state index is 12.2. The highest BCUT2D eigenvalue weighted by molar-refractivity contribution is 7.94. The molecule has 1 aliphatic rings. The van der Waals surface area contributed by atoms with Crippen LogP contribution in [0.25, 0.3) is 0 Å². The van der Waals surface area contributed by atoms with E-state index in [1.54, 1.807) is 20.8 Å². The maximum absolute atomic E-state index is 12.2. The summed E-state index contributed by atoms with van der Waals surface area (Å²) in [5.41, 5.74) is 5.77. The smallest absolute Gasteiger partial charge is 0.237 e. The summed E-state index contributed by atoms with van der Waals surface area (Å²) in [6.45, 7) is 5.77. The van der Waals surface area contributed by atoms with E-state index in [0.717, 1.165) is 11.3 Å². The van der Waals surface area contributed by atoms with E-state index in [4.69, 9.17) is 0 Å². The molecule has 0 heterocycles. The van der Waals surface area contributed by atoms with Crippen molar-refractivity contribution in [3.8, 4) is 0 Å². The first-order valence-corrected chi connectivity index (χ1v) is 10.2. The average Bonchev–Trinajstić information content (AvgIpc) is 3.00. The standard InChI is InChI=1S/C20H26N2O2S/c1-20(2,3)25(23,24)22-18-10-7-15(8-11-18)14-21-19-12-9-16-5-4-6-17(16)13-19/h7-13,21-22H,4-6,14H2,1-3H3. The van der Waals surface area contributed by atoms with E-state index in [1.807, 2.05) is 24.3 Å². The van der Waals surface area contributed by atoms with E-state index >= 15 is 0 Å². The van der Waals surface area contributed by atoms with Crippen LogP contribution < -0.4 is 10.0 Å². The van der Waals surface area contributed by atoms with Crippen molar-refractivity contribution < 1.29 is 8.42 Å². The van der Waals surface area contributed by atoms with Gasteiger partial charge in [0.15, 0.2) is 0 Å². The van der Waals surface area contributed by atoms with Gasteiger partial charge in [0.2, 0.25) is 10.0 Å². The van der Waals surface area contributed by atoms with E-state index in [-0.39, 0.29) is 0 Å². The van der Waals surface area contributed by atoms with Crippen molar-refractivity contribution in [2.24, 2.45) is 0 Å². The van der Waals surface area contributed by atoms with Crippen molar-refractivity contribution in [2.45, 2.75) is 51.3 Å². The van der Waals surface area contributed by atoms with Crippen LogP contribution in [0.2, 0.25) is 0 Å². The van der Waals surface area contributed by atoms with E-state index in [9.17, 15) is 8.42 Å². The van der Waals surface area contributed by atoms with Crippen LogP contribution >= 0.6 is 0 Å². The molecule has 0 aliphatic heterocycles. The number of nitrogens with one attached hydrogen (secondary N) is 2. The van der Waals surface area contributed by atoms with Crippen molar-refractivity contribution in [1.82, 2.24) is 0 Å². The summed E-state index contributed by atoms with van der Waals surface area (Å²) >= 11 is 0. The fraction of sp³-hybridized carbons (Fsp3) is 0.400. The fourth-order valence-electron chi connectivity index (χ4n) is 2.88. The second-order valence-corrected chi connectivity index (χ2v) is 10.0. The lowest BCUT2D eigenvalue weighted by Crippen LogP contribution is -2.33. The summed E-state index contributed by atoms with van der Waals surface area (Å²) in [4.78, 5) is 0. The summed E-state index contributed by atoms with van der Waals surface area (Å²) in [5.74, 6) is 0. The van der Waals surface area contributed by atoms with Crippen LogP contribution in [0, 0.1) is 0 Å². The third kappa shape index (κ3) is 4.15. The Morgan fingerprint density at radius 3 is 2.24 bits per heavy atom. The van der Waals surface area contributed by atoms with Gasteiger partial charge < -0.3 is 5.32 Å². The fourth-order valence-corrected chi connectivity index (χ4v) is 3.64. The number of rotatable bonds is 5. The van der Waals surface area contributed by atoms with Gasteiger partial charge in [-0.1, -0.05) is 18.2 Å². The molecule has 0 saturated carbocycles. The van der Waals surface area contributed by atoms with Gasteiger partial charge in [0.25, 0.3) is 0 Å². The van der Waals surface area contributed by atoms with Gasteiger partial charge in [-0.25, -0.2) is 8.42 Å². The molecule has 0 fully saturated rings. The molecule has 134 valence electrons. The van der Waals surface area contributed by atoms with Gasteiger partial charge in [0.1, 0.15) is 0 Å². The zero-order valence-electron chi connectivity index (χ0n) is 15.1. The third-order valence-corrected chi connectivity index (χ3v) is 6.72. The van der Waals surface area contributed by atoms with Gasteiger partial charge in [-0.05, 0) is 81.0 Å². The largest absolute Gasteiger partial charge is 0.381 e. The van der Waals surface area contributed by atoms with Gasteiger partial charge >= 0.3 is 0 Å². The first-order chi connectivity index (χ1) is 11.7. The summed E-state index contributed by atoms with van der Waals surface area (Å²) < 4.78 is 26.2. The molecular formula is C20H26N2O2S. The Kier molecular flexibility index (Phi) is 4.78. The number of hydrogen-bond acceptors (Lipinski definition) is 3. The van der Waals surface area contributed by atoms with Crippen molar-refractivity contribution in [2.75, 3.05) is 10.0 Å². The average molecular weight is 359 g/mol. The van der Waals surface area contributed by atoms with Crippen LogP contribution in [0.4, 0.5) is 11.4 Å². The molecule has 0 bridgehead atoms. The van der Waals surface area contributed by atoms with Gasteiger partial charge in [-0.3, -0.25) is 4.72 Å². The van der Waals surface area contributed by atoms with Crippen molar-refractivity contribution in [1.29, 1.82) is 0 Å². The molecular weight excluding hydrogens is 332 g/mol. The molecule has 25 heavy (non-hydrogen) atoms. The van der Waals surface area contributed by atoms with E-state index in [2.05, 4.69) is 28.2 Å². The lowest BCUT2D eigenvalue weighted by molar-refractivity contribution is 0.566. The molecule has 0 unspecified atom stereocenters. The second-order valence-electron chi connectivity index (χ2n) is 7.61. The maximum Gasteiger partial charge on any atom is 0.237 e. The zero-order chi connectivity index (χ0) is 18.1. The first-order valence-electron chi connectivity index (χ1n) is 8.72. The quantitative estimate of drug-likeness (QED) is 0.836. The second kappa shape index (κ2) is 6.71. The van der Waals surface area contributed by atoms with Crippen LogP contribution in [0.3, 0.4) is 0 Å². The van der Waals surface area contributed by atoms with Gasteiger partial charge in [-0.15, -0.1) is 0 Å². The van der Waals surface area contributed by atoms with E-state index in [1.165, 1.54) is 30.4 Å². The number of anilines is 2. The van der Waals surface area contributed by atoms with Gasteiger partial charge in [0, 0.05) is 17.9 Å². The topological polar surface area (TPSA) is 58.2 Å². The Hall–Kier alpha value is -2.01. The van der Waals surface area contributed by atoms with Crippen LogP contribution in [-0.4, -0.2) is 13.2 Å². The molecule has 0 aromatic heterocycles.